The number of aliphatic hydroxyl groups excluding tert-OH is 1. The summed E-state index contributed by atoms with van der Waals surface area (Å²) in [5.74, 6) is 0. The van der Waals surface area contributed by atoms with Crippen LogP contribution in [-0.4, -0.2) is 127 Å². The quantitative estimate of drug-likeness (QED) is 0.0532. The van der Waals surface area contributed by atoms with Crippen LogP contribution in [0.5, 0.6) is 0 Å². The first kappa shape index (κ1) is 47.2. The van der Waals surface area contributed by atoms with Gasteiger partial charge in [0.15, 0.2) is 0 Å². The van der Waals surface area contributed by atoms with Crippen molar-refractivity contribution >= 4 is 17.6 Å². The number of hydrogen-bond acceptors (Lipinski definition) is 9. The van der Waals surface area contributed by atoms with E-state index in [9.17, 15) is 5.11 Å². The largest absolute Gasteiger partial charge is 1.00 e. The Labute approximate surface area is 273 Å². The van der Waals surface area contributed by atoms with Crippen molar-refractivity contribution in [2.75, 3.05) is 94.1 Å². The second-order valence-electron chi connectivity index (χ2n) is 10.4. The number of quaternary nitrogens is 1. The van der Waals surface area contributed by atoms with Gasteiger partial charge in [-0.1, -0.05) is 32.9 Å². The molecule has 0 radical (unpaired) electrons. The molecule has 2 N–H and O–H groups in total. The molecule has 0 aliphatic rings. The van der Waals surface area contributed by atoms with Crippen LogP contribution in [0.15, 0.2) is 25.3 Å². The number of aliphatic hydroxyl groups is 1. The number of hydrogen-bond donors (Lipinski definition) is 2. The number of halogens is 1. The monoisotopic (exact) mass is 674 g/mol. The zero-order valence-corrected chi connectivity index (χ0v) is 31.6. The van der Waals surface area contributed by atoms with Gasteiger partial charge in [-0.2, -0.15) is 0 Å². The van der Waals surface area contributed by atoms with E-state index in [1.165, 1.54) is 12.8 Å². The van der Waals surface area contributed by atoms with Crippen LogP contribution < -0.4 is 17.7 Å². The standard InChI is InChI=1S/C17H39NO5Si.C13H28NO3Si.ClH/c1-5-9-10-13-20-16-17(19)15-18-12-11-14-24(21-6-2,22-7-3)23-8-4;1-7-10-14(3,11-8-2)12-9-13-18(15-4,16-5)17-6;/h17-19H,5-16H2,1-4H3;7-8H,1-2,9-13H2,3-6H3;1H/q;+1;/p-1. The van der Waals surface area contributed by atoms with Crippen molar-refractivity contribution in [2.24, 2.45) is 0 Å². The molecule has 0 saturated carbocycles. The first-order chi connectivity index (χ1) is 20.1. The van der Waals surface area contributed by atoms with E-state index in [0.29, 0.717) is 33.0 Å². The lowest BCUT2D eigenvalue weighted by molar-refractivity contribution is -0.898. The van der Waals surface area contributed by atoms with Crippen LogP contribution in [0, 0.1) is 0 Å². The van der Waals surface area contributed by atoms with Gasteiger partial charge in [-0.15, -0.1) is 0 Å². The van der Waals surface area contributed by atoms with Crippen LogP contribution in [0.4, 0.5) is 0 Å². The fraction of sp³-hybridized carbons (Fsp3) is 0.867. The Morgan fingerprint density at radius 2 is 1.30 bits per heavy atom. The molecular weight excluding hydrogens is 608 g/mol. The van der Waals surface area contributed by atoms with E-state index in [-0.39, 0.29) is 12.4 Å². The van der Waals surface area contributed by atoms with Gasteiger partial charge >= 0.3 is 17.6 Å². The summed E-state index contributed by atoms with van der Waals surface area (Å²) in [4.78, 5) is 0. The Bertz CT molecular complexity index is 602. The number of nitrogens with zero attached hydrogens (tertiary/aromatic N) is 1. The maximum Gasteiger partial charge on any atom is 0.500 e. The lowest BCUT2D eigenvalue weighted by Gasteiger charge is -2.33. The molecule has 0 aliphatic heterocycles. The molecule has 0 heterocycles. The zero-order chi connectivity index (χ0) is 32.2. The SMILES string of the molecule is C=CC[N+](C)(CC=C)CCC[Si](OC)(OC)OC.CCCCCOCC(O)CNCCC[Si](OCC)(OCC)OCC.[Cl-]. The summed E-state index contributed by atoms with van der Waals surface area (Å²) in [6.45, 7) is 22.9. The number of rotatable bonds is 29. The van der Waals surface area contributed by atoms with Crippen LogP contribution in [-0.2, 0) is 31.3 Å². The van der Waals surface area contributed by atoms with E-state index in [1.54, 1.807) is 21.3 Å². The predicted octanol–water partition coefficient (Wildman–Crippen LogP) is 1.66. The van der Waals surface area contributed by atoms with E-state index in [4.69, 9.17) is 31.3 Å². The number of ether oxygens (including phenoxy) is 1. The molecule has 0 rings (SSSR count). The maximum absolute atomic E-state index is 9.86. The summed E-state index contributed by atoms with van der Waals surface area (Å²) < 4.78 is 40.1. The highest BCUT2D eigenvalue weighted by Crippen LogP contribution is 2.18. The lowest BCUT2D eigenvalue weighted by Crippen LogP contribution is -3.00. The molecule has 43 heavy (non-hydrogen) atoms. The lowest BCUT2D eigenvalue weighted by atomic mass is 10.3. The molecule has 13 heteroatoms. The zero-order valence-electron chi connectivity index (χ0n) is 28.8. The number of unbranched alkanes of at least 4 members (excludes halogenated alkanes) is 2. The summed E-state index contributed by atoms with van der Waals surface area (Å²) in [6, 6.07) is 1.62. The molecule has 1 unspecified atom stereocenters. The van der Waals surface area contributed by atoms with Gasteiger partial charge in [0.2, 0.25) is 0 Å². The maximum atomic E-state index is 9.86. The van der Waals surface area contributed by atoms with Crippen molar-refractivity contribution in [3.63, 3.8) is 0 Å². The molecule has 260 valence electrons. The molecule has 0 aromatic rings. The minimum atomic E-state index is -2.53. The third-order valence-corrected chi connectivity index (χ3v) is 12.7. The molecule has 0 fully saturated rings. The highest BCUT2D eigenvalue weighted by Gasteiger charge is 2.39. The Morgan fingerprint density at radius 3 is 1.74 bits per heavy atom. The molecule has 10 nitrogen and oxygen atoms in total. The number of likely N-dealkylation sites (N-methyl/N-ethyl adjacent to an activating group) is 1. The van der Waals surface area contributed by atoms with Crippen LogP contribution in [0.2, 0.25) is 12.1 Å². The van der Waals surface area contributed by atoms with Crippen molar-refractivity contribution in [3.8, 4) is 0 Å². The van der Waals surface area contributed by atoms with Crippen LogP contribution in [0.1, 0.15) is 59.8 Å². The first-order valence-corrected chi connectivity index (χ1v) is 19.6. The average Bonchev–Trinajstić information content (AvgIpc) is 2.96. The topological polar surface area (TPSA) is 96.9 Å². The molecule has 0 aliphatic carbocycles. The molecule has 0 aromatic carbocycles. The third-order valence-electron chi connectivity index (χ3n) is 6.77. The summed E-state index contributed by atoms with van der Waals surface area (Å²) in [7, 11) is 2.21. The second-order valence-corrected chi connectivity index (χ2v) is 16.2. The summed E-state index contributed by atoms with van der Waals surface area (Å²) >= 11 is 0. The average molecular weight is 675 g/mol. The van der Waals surface area contributed by atoms with Crippen molar-refractivity contribution in [1.29, 1.82) is 0 Å². The molecule has 0 amide bonds. The normalized spacial score (nSPS) is 12.7. The second kappa shape index (κ2) is 30.5. The van der Waals surface area contributed by atoms with E-state index in [2.05, 4.69) is 32.4 Å². The van der Waals surface area contributed by atoms with Crippen molar-refractivity contribution < 1.29 is 53.3 Å². The van der Waals surface area contributed by atoms with Crippen molar-refractivity contribution in [3.05, 3.63) is 25.3 Å². The van der Waals surface area contributed by atoms with E-state index < -0.39 is 23.7 Å². The molecule has 0 bridgehead atoms. The van der Waals surface area contributed by atoms with Gasteiger partial charge in [0.1, 0.15) is 0 Å². The minimum Gasteiger partial charge on any atom is -1.00 e. The van der Waals surface area contributed by atoms with Crippen molar-refractivity contribution in [1.82, 2.24) is 5.32 Å². The van der Waals surface area contributed by atoms with E-state index in [1.807, 2.05) is 32.9 Å². The van der Waals surface area contributed by atoms with E-state index >= 15 is 0 Å². The summed E-state index contributed by atoms with van der Waals surface area (Å²) in [5, 5.41) is 13.1. The van der Waals surface area contributed by atoms with E-state index in [0.717, 1.165) is 68.6 Å². The highest BCUT2D eigenvalue weighted by atomic mass is 35.5. The molecule has 0 spiro atoms. The van der Waals surface area contributed by atoms with Gasteiger partial charge in [-0.05, 0) is 52.3 Å². The third kappa shape index (κ3) is 23.8. The van der Waals surface area contributed by atoms with Crippen LogP contribution >= 0.6 is 0 Å². The smallest absolute Gasteiger partial charge is 0.500 e. The van der Waals surface area contributed by atoms with Gasteiger partial charge in [0, 0.05) is 72.8 Å². The Balaban J connectivity index is -0.000000756. The fourth-order valence-electron chi connectivity index (χ4n) is 4.55. The molecule has 1 atom stereocenters. The van der Waals surface area contributed by atoms with Crippen LogP contribution in [0.25, 0.3) is 0 Å². The van der Waals surface area contributed by atoms with Crippen LogP contribution in [0.3, 0.4) is 0 Å². The molecule has 0 aromatic heterocycles. The predicted molar refractivity (Wildman–Crippen MR) is 177 cm³/mol. The van der Waals surface area contributed by atoms with Crippen molar-refractivity contribution in [2.45, 2.75) is 78.0 Å². The van der Waals surface area contributed by atoms with Gasteiger partial charge in [-0.25, -0.2) is 0 Å². The van der Waals surface area contributed by atoms with Gasteiger partial charge < -0.3 is 58.6 Å². The Hall–Kier alpha value is -0.196. The van der Waals surface area contributed by atoms with Gasteiger partial charge in [0.05, 0.1) is 39.4 Å². The van der Waals surface area contributed by atoms with Gasteiger partial charge in [-0.3, -0.25) is 0 Å². The summed E-state index contributed by atoms with van der Waals surface area (Å²) in [6.07, 6.45) is 8.78. The first-order valence-electron chi connectivity index (χ1n) is 15.7. The Kier molecular flexibility index (Phi) is 33.4. The summed E-state index contributed by atoms with van der Waals surface area (Å²) in [5.41, 5.74) is 0. The molecule has 0 saturated heterocycles. The van der Waals surface area contributed by atoms with Gasteiger partial charge in [0.25, 0.3) is 0 Å². The number of nitrogens with one attached hydrogen (secondary N) is 1. The Morgan fingerprint density at radius 1 is 0.791 bits per heavy atom. The highest BCUT2D eigenvalue weighted by molar-refractivity contribution is 6.61. The minimum absolute atomic E-state index is 0. The fourth-order valence-corrected chi connectivity index (χ4v) is 8.86. The molecular formula is C30H67ClN2O8Si2.